The Balaban J connectivity index is 1.67. The molecule has 0 radical (unpaired) electrons. The van der Waals surface area contributed by atoms with E-state index in [0.29, 0.717) is 47.4 Å². The van der Waals surface area contributed by atoms with Crippen molar-refractivity contribution in [2.24, 2.45) is 0 Å². The fraction of sp³-hybridized carbons (Fsp3) is 0.279. The number of hydrogen-bond donors (Lipinski definition) is 0. The smallest absolute Gasteiger partial charge is 0.234 e. The van der Waals surface area contributed by atoms with Gasteiger partial charge in [-0.2, -0.15) is 4.73 Å². The van der Waals surface area contributed by atoms with Crippen LogP contribution in [-0.2, 0) is 31.6 Å². The number of amides is 2. The van der Waals surface area contributed by atoms with Crippen LogP contribution < -0.4 is 25.9 Å². The number of rotatable bonds is 16. The fourth-order valence-electron chi connectivity index (χ4n) is 7.14. The summed E-state index contributed by atoms with van der Waals surface area (Å²) >= 11 is 0. The second kappa shape index (κ2) is 17.8. The van der Waals surface area contributed by atoms with Gasteiger partial charge in [0.2, 0.25) is 11.8 Å². The zero-order valence-electron chi connectivity index (χ0n) is 31.0. The van der Waals surface area contributed by atoms with Crippen molar-refractivity contribution >= 4 is 47.3 Å². The van der Waals surface area contributed by atoms with Crippen molar-refractivity contribution in [3.8, 4) is 0 Å². The summed E-state index contributed by atoms with van der Waals surface area (Å²) in [4.78, 5) is 32.3. The van der Waals surface area contributed by atoms with Gasteiger partial charge in [-0.1, -0.05) is 121 Å². The summed E-state index contributed by atoms with van der Waals surface area (Å²) in [5, 5.41) is 16.7. The Morgan fingerprint density at radius 3 is 1.00 bits per heavy atom. The van der Waals surface area contributed by atoms with E-state index in [1.165, 1.54) is 0 Å². The van der Waals surface area contributed by atoms with Crippen LogP contribution in [0.1, 0.15) is 39.1 Å². The molecule has 0 saturated heterocycles. The SMILES string of the molecule is CCN(CC)C(=O)C(Cc1cccc(CC(C(=O)N(CC)CC)P(=O)(c2ccccc2)c2ccccc2)[n+]1[O-])P(=O)(c1ccccc1)c1ccccc1. The van der Waals surface area contributed by atoms with E-state index in [1.54, 1.807) is 76.5 Å². The summed E-state index contributed by atoms with van der Waals surface area (Å²) in [7, 11) is -7.38. The van der Waals surface area contributed by atoms with Gasteiger partial charge in [0.1, 0.15) is 11.3 Å². The van der Waals surface area contributed by atoms with E-state index in [1.807, 2.05) is 100 Å². The highest BCUT2D eigenvalue weighted by atomic mass is 31.2. The number of pyridine rings is 1. The zero-order chi connectivity index (χ0) is 38.0. The summed E-state index contributed by atoms with van der Waals surface area (Å²) in [6.07, 6.45) is -0.227. The molecule has 10 heteroatoms. The van der Waals surface area contributed by atoms with Crippen LogP contribution in [0, 0.1) is 5.21 Å². The standard InChI is InChI=1S/C43H49N3O5P2/c1-5-44(6-2)42(47)40(52(50,36-24-13-9-14-25-36)37-26-15-10-16-27-37)32-34-22-21-23-35(46(34)49)33-41(43(48)45(7-3)8-4)53(51,38-28-17-11-18-29-38)39-30-19-12-20-31-39/h9-31,40-41H,5-8,32-33H2,1-4H3. The van der Waals surface area contributed by atoms with Crippen molar-refractivity contribution in [2.75, 3.05) is 26.2 Å². The van der Waals surface area contributed by atoms with E-state index in [9.17, 15) is 14.8 Å². The van der Waals surface area contributed by atoms with Crippen LogP contribution in [0.2, 0.25) is 0 Å². The molecule has 0 aliphatic rings. The largest absolute Gasteiger partial charge is 0.618 e. The van der Waals surface area contributed by atoms with E-state index in [0.717, 1.165) is 4.73 Å². The van der Waals surface area contributed by atoms with Gasteiger partial charge in [0.15, 0.2) is 25.7 Å². The molecule has 1 heterocycles. The summed E-state index contributed by atoms with van der Waals surface area (Å²) in [5.74, 6) is -0.604. The van der Waals surface area contributed by atoms with Crippen LogP contribution >= 0.6 is 14.3 Å². The molecule has 0 aliphatic heterocycles. The molecule has 4 aromatic carbocycles. The fourth-order valence-corrected chi connectivity index (χ4v) is 13.5. The quantitative estimate of drug-likeness (QED) is 0.0710. The van der Waals surface area contributed by atoms with Crippen molar-refractivity contribution in [1.29, 1.82) is 0 Å². The lowest BCUT2D eigenvalue weighted by Crippen LogP contribution is -2.48. The van der Waals surface area contributed by atoms with Crippen molar-refractivity contribution in [3.05, 3.63) is 156 Å². The van der Waals surface area contributed by atoms with Crippen LogP contribution in [0.15, 0.2) is 140 Å². The molecular weight excluding hydrogens is 700 g/mol. The molecule has 0 saturated carbocycles. The highest BCUT2D eigenvalue weighted by molar-refractivity contribution is 7.80. The van der Waals surface area contributed by atoms with Gasteiger partial charge < -0.3 is 24.1 Å². The van der Waals surface area contributed by atoms with Gasteiger partial charge in [0, 0.05) is 59.5 Å². The molecule has 0 bridgehead atoms. The van der Waals surface area contributed by atoms with Crippen LogP contribution in [0.5, 0.6) is 0 Å². The second-order valence-corrected chi connectivity index (χ2v) is 18.9. The summed E-state index contributed by atoms with van der Waals surface area (Å²) < 4.78 is 32.2. The van der Waals surface area contributed by atoms with E-state index in [-0.39, 0.29) is 36.0 Å². The first kappa shape index (κ1) is 39.4. The number of benzene rings is 4. The molecule has 5 rings (SSSR count). The molecule has 0 N–H and O–H groups in total. The monoisotopic (exact) mass is 749 g/mol. The lowest BCUT2D eigenvalue weighted by Gasteiger charge is -2.32. The molecule has 0 fully saturated rings. The van der Waals surface area contributed by atoms with Gasteiger partial charge in [0.05, 0.1) is 12.8 Å². The van der Waals surface area contributed by atoms with Crippen molar-refractivity contribution in [2.45, 2.75) is 51.9 Å². The van der Waals surface area contributed by atoms with Crippen LogP contribution in [-0.4, -0.2) is 59.1 Å². The average Bonchev–Trinajstić information content (AvgIpc) is 3.21. The number of carbonyl (C=O) groups is 2. The predicted molar refractivity (Wildman–Crippen MR) is 216 cm³/mol. The van der Waals surface area contributed by atoms with E-state index in [2.05, 4.69) is 0 Å². The number of hydrogen-bond acceptors (Lipinski definition) is 5. The van der Waals surface area contributed by atoms with Crippen molar-refractivity contribution < 1.29 is 23.4 Å². The van der Waals surface area contributed by atoms with Crippen LogP contribution in [0.3, 0.4) is 0 Å². The lowest BCUT2D eigenvalue weighted by molar-refractivity contribution is -0.622. The van der Waals surface area contributed by atoms with Crippen molar-refractivity contribution in [3.63, 3.8) is 0 Å². The highest BCUT2D eigenvalue weighted by Gasteiger charge is 2.46. The maximum atomic E-state index is 15.7. The lowest BCUT2D eigenvalue weighted by atomic mass is 10.1. The molecule has 2 atom stereocenters. The first-order valence-electron chi connectivity index (χ1n) is 18.3. The van der Waals surface area contributed by atoms with Gasteiger partial charge in [0.25, 0.3) is 0 Å². The zero-order valence-corrected chi connectivity index (χ0v) is 32.7. The molecule has 0 aliphatic carbocycles. The molecule has 8 nitrogen and oxygen atoms in total. The van der Waals surface area contributed by atoms with E-state index >= 15 is 9.13 Å². The summed E-state index contributed by atoms with van der Waals surface area (Å²) in [5.41, 5.74) is -1.70. The molecule has 1 aromatic heterocycles. The Hall–Kier alpha value is -4.77. The van der Waals surface area contributed by atoms with Gasteiger partial charge in [-0.3, -0.25) is 9.59 Å². The normalized spacial score (nSPS) is 12.8. The predicted octanol–water partition coefficient (Wildman–Crippen LogP) is 5.91. The molecule has 276 valence electrons. The Kier molecular flexibility index (Phi) is 13.3. The number of aromatic nitrogens is 1. The van der Waals surface area contributed by atoms with Crippen LogP contribution in [0.4, 0.5) is 0 Å². The molecular formula is C43H49N3O5P2. The molecule has 53 heavy (non-hydrogen) atoms. The Morgan fingerprint density at radius 1 is 0.491 bits per heavy atom. The summed E-state index contributed by atoms with van der Waals surface area (Å²) in [6, 6.07) is 41.1. The van der Waals surface area contributed by atoms with Crippen LogP contribution in [0.25, 0.3) is 0 Å². The molecule has 5 aromatic rings. The van der Waals surface area contributed by atoms with Gasteiger partial charge in [-0.05, 0) is 33.8 Å². The third-order valence-corrected chi connectivity index (χ3v) is 16.9. The third-order valence-electron chi connectivity index (χ3n) is 10.1. The van der Waals surface area contributed by atoms with Gasteiger partial charge in [-0.25, -0.2) is 0 Å². The van der Waals surface area contributed by atoms with Crippen molar-refractivity contribution in [1.82, 2.24) is 9.80 Å². The Morgan fingerprint density at radius 2 is 0.755 bits per heavy atom. The minimum atomic E-state index is -3.69. The Labute approximate surface area is 313 Å². The first-order valence-corrected chi connectivity index (χ1v) is 21.9. The maximum absolute atomic E-state index is 15.7. The second-order valence-electron chi connectivity index (χ2n) is 12.9. The topological polar surface area (TPSA) is 102 Å². The number of nitrogens with zero attached hydrogens (tertiary/aromatic N) is 3. The minimum absolute atomic E-state index is 0.114. The van der Waals surface area contributed by atoms with Gasteiger partial charge >= 0.3 is 0 Å². The van der Waals surface area contributed by atoms with E-state index in [4.69, 9.17) is 0 Å². The third kappa shape index (κ3) is 8.10. The van der Waals surface area contributed by atoms with E-state index < -0.39 is 25.6 Å². The summed E-state index contributed by atoms with van der Waals surface area (Å²) in [6.45, 7) is 9.18. The molecule has 2 amide bonds. The average molecular weight is 750 g/mol. The Bertz CT molecular complexity index is 1820. The number of carbonyl (C=O) groups excluding carboxylic acids is 2. The molecule has 0 spiro atoms. The first-order chi connectivity index (χ1) is 25.6. The van der Waals surface area contributed by atoms with Gasteiger partial charge in [-0.15, -0.1) is 0 Å². The minimum Gasteiger partial charge on any atom is -0.618 e. The highest BCUT2D eigenvalue weighted by Crippen LogP contribution is 2.52. The molecule has 2 unspecified atom stereocenters. The maximum Gasteiger partial charge on any atom is 0.234 e.